The smallest absolute Gasteiger partial charge is 0.137 e. The number of fused-ring (bicyclic) bond motifs is 1. The molecule has 3 atom stereocenters. The Labute approximate surface area is 126 Å². The van der Waals surface area contributed by atoms with E-state index < -0.39 is 0 Å². The highest BCUT2D eigenvalue weighted by atomic mass is 16.3. The second-order valence-electron chi connectivity index (χ2n) is 6.62. The summed E-state index contributed by atoms with van der Waals surface area (Å²) in [7, 11) is 0. The van der Waals surface area contributed by atoms with E-state index in [1.807, 2.05) is 0 Å². The molecule has 0 bridgehead atoms. The maximum atomic E-state index is 10.1. The lowest BCUT2D eigenvalue weighted by Crippen LogP contribution is -2.27. The summed E-state index contributed by atoms with van der Waals surface area (Å²) in [5.74, 6) is 3.42. The van der Waals surface area contributed by atoms with Gasteiger partial charge in [0.2, 0.25) is 0 Å². The molecule has 1 saturated carbocycles. The Hall–Kier alpha value is -1.36. The molecule has 5 heteroatoms. The lowest BCUT2D eigenvalue weighted by molar-refractivity contribution is 0.133. The van der Waals surface area contributed by atoms with Gasteiger partial charge in [0, 0.05) is 31.1 Å². The molecule has 2 N–H and O–H groups in total. The van der Waals surface area contributed by atoms with Crippen molar-refractivity contribution in [3.63, 3.8) is 0 Å². The Morgan fingerprint density at radius 1 is 1.33 bits per heavy atom. The lowest BCUT2D eigenvalue weighted by atomic mass is 10.00. The van der Waals surface area contributed by atoms with Crippen LogP contribution in [0, 0.1) is 11.8 Å². The fourth-order valence-corrected chi connectivity index (χ4v) is 3.89. The van der Waals surface area contributed by atoms with Crippen LogP contribution in [-0.2, 0) is 0 Å². The highest BCUT2D eigenvalue weighted by Crippen LogP contribution is 2.41. The quantitative estimate of drug-likeness (QED) is 0.890. The highest BCUT2D eigenvalue weighted by molar-refractivity contribution is 5.61. The first-order valence-corrected chi connectivity index (χ1v) is 8.13. The van der Waals surface area contributed by atoms with Gasteiger partial charge in [-0.2, -0.15) is 0 Å². The van der Waals surface area contributed by atoms with Crippen LogP contribution in [0.4, 0.5) is 11.6 Å². The van der Waals surface area contributed by atoms with Gasteiger partial charge in [-0.25, -0.2) is 9.97 Å². The number of hydrogen-bond donors (Lipinski definition) is 2. The summed E-state index contributed by atoms with van der Waals surface area (Å²) in [5, 5.41) is 13.5. The number of nitrogens with zero attached hydrogens (tertiary/aromatic N) is 3. The minimum atomic E-state index is -0.127. The Morgan fingerprint density at radius 2 is 2.14 bits per heavy atom. The third kappa shape index (κ3) is 2.59. The normalized spacial score (nSPS) is 28.2. The Kier molecular flexibility index (Phi) is 4.02. The highest BCUT2D eigenvalue weighted by Gasteiger charge is 2.42. The van der Waals surface area contributed by atoms with E-state index >= 15 is 0 Å². The predicted octanol–water partition coefficient (Wildman–Crippen LogP) is 2.24. The zero-order valence-electron chi connectivity index (χ0n) is 13.2. The molecular weight excluding hydrogens is 264 g/mol. The van der Waals surface area contributed by atoms with Crippen molar-refractivity contribution < 1.29 is 5.11 Å². The van der Waals surface area contributed by atoms with E-state index in [0.717, 1.165) is 44.1 Å². The van der Waals surface area contributed by atoms with Crippen LogP contribution in [-0.4, -0.2) is 40.8 Å². The van der Waals surface area contributed by atoms with E-state index in [4.69, 9.17) is 0 Å². The largest absolute Gasteiger partial charge is 0.393 e. The summed E-state index contributed by atoms with van der Waals surface area (Å²) in [6.07, 6.45) is 3.64. The standard InChI is InChI=1S/C16H26N4O/c1-4-17-15-14(10(2)3)16(19-9-18-15)20-7-11-5-6-13(21)12(11)8-20/h9-13,21H,4-8H2,1-3H3,(H,17,18,19). The Bertz CT molecular complexity index is 505. The monoisotopic (exact) mass is 290 g/mol. The van der Waals surface area contributed by atoms with Crippen LogP contribution in [0.15, 0.2) is 6.33 Å². The second kappa shape index (κ2) is 5.79. The van der Waals surface area contributed by atoms with Gasteiger partial charge in [-0.3, -0.25) is 0 Å². The van der Waals surface area contributed by atoms with Crippen molar-refractivity contribution in [3.8, 4) is 0 Å². The minimum Gasteiger partial charge on any atom is -0.393 e. The fraction of sp³-hybridized carbons (Fsp3) is 0.750. The van der Waals surface area contributed by atoms with Gasteiger partial charge < -0.3 is 15.3 Å². The predicted molar refractivity (Wildman–Crippen MR) is 84.7 cm³/mol. The fourth-order valence-electron chi connectivity index (χ4n) is 3.89. The van der Waals surface area contributed by atoms with Crippen molar-refractivity contribution in [2.45, 2.75) is 45.6 Å². The molecule has 3 rings (SSSR count). The zero-order chi connectivity index (χ0) is 15.0. The minimum absolute atomic E-state index is 0.127. The number of rotatable bonds is 4. The van der Waals surface area contributed by atoms with E-state index in [-0.39, 0.29) is 6.10 Å². The third-order valence-electron chi connectivity index (χ3n) is 4.90. The Balaban J connectivity index is 1.90. The molecule has 2 fully saturated rings. The molecule has 0 spiro atoms. The second-order valence-corrected chi connectivity index (χ2v) is 6.62. The first-order chi connectivity index (χ1) is 10.1. The van der Waals surface area contributed by atoms with Crippen LogP contribution in [0.5, 0.6) is 0 Å². The molecule has 116 valence electrons. The Morgan fingerprint density at radius 3 is 2.81 bits per heavy atom. The molecule has 21 heavy (non-hydrogen) atoms. The number of aliphatic hydroxyl groups is 1. The molecule has 0 amide bonds. The average Bonchev–Trinajstić information content (AvgIpc) is 3.01. The van der Waals surface area contributed by atoms with Crippen LogP contribution in [0.2, 0.25) is 0 Å². The van der Waals surface area contributed by atoms with Crippen LogP contribution in [0.25, 0.3) is 0 Å². The van der Waals surface area contributed by atoms with Crippen molar-refractivity contribution in [2.75, 3.05) is 29.9 Å². The molecule has 1 aromatic heterocycles. The molecule has 2 aliphatic rings. The summed E-state index contributed by atoms with van der Waals surface area (Å²) in [6, 6.07) is 0. The van der Waals surface area contributed by atoms with E-state index in [9.17, 15) is 5.11 Å². The molecule has 5 nitrogen and oxygen atoms in total. The first-order valence-electron chi connectivity index (χ1n) is 8.13. The van der Waals surface area contributed by atoms with Gasteiger partial charge in [-0.05, 0) is 31.6 Å². The molecule has 1 aliphatic heterocycles. The van der Waals surface area contributed by atoms with Crippen LogP contribution in [0.3, 0.4) is 0 Å². The number of aliphatic hydroxyl groups excluding tert-OH is 1. The van der Waals surface area contributed by atoms with Gasteiger partial charge in [-0.15, -0.1) is 0 Å². The molecule has 0 radical (unpaired) electrons. The summed E-state index contributed by atoms with van der Waals surface area (Å²) in [6.45, 7) is 9.27. The van der Waals surface area contributed by atoms with Gasteiger partial charge in [-0.1, -0.05) is 13.8 Å². The number of anilines is 2. The topological polar surface area (TPSA) is 61.3 Å². The zero-order valence-corrected chi connectivity index (χ0v) is 13.2. The number of aromatic nitrogens is 2. The molecular formula is C16H26N4O. The number of hydrogen-bond acceptors (Lipinski definition) is 5. The molecule has 1 aliphatic carbocycles. The maximum absolute atomic E-state index is 10.1. The van der Waals surface area contributed by atoms with E-state index in [0.29, 0.717) is 17.8 Å². The summed E-state index contributed by atoms with van der Waals surface area (Å²) in [4.78, 5) is 11.3. The van der Waals surface area contributed by atoms with Crippen molar-refractivity contribution in [2.24, 2.45) is 11.8 Å². The third-order valence-corrected chi connectivity index (χ3v) is 4.90. The van der Waals surface area contributed by atoms with Crippen molar-refractivity contribution in [3.05, 3.63) is 11.9 Å². The summed E-state index contributed by atoms with van der Waals surface area (Å²) in [5.41, 5.74) is 1.20. The molecule has 1 saturated heterocycles. The van der Waals surface area contributed by atoms with E-state index in [1.54, 1.807) is 6.33 Å². The van der Waals surface area contributed by atoms with Crippen LogP contribution >= 0.6 is 0 Å². The van der Waals surface area contributed by atoms with Gasteiger partial charge in [0.05, 0.1) is 6.10 Å². The van der Waals surface area contributed by atoms with Crippen molar-refractivity contribution >= 4 is 11.6 Å². The molecule has 1 aromatic rings. The van der Waals surface area contributed by atoms with Gasteiger partial charge >= 0.3 is 0 Å². The van der Waals surface area contributed by atoms with Crippen LogP contribution in [0.1, 0.15) is 45.1 Å². The van der Waals surface area contributed by atoms with Gasteiger partial charge in [0.25, 0.3) is 0 Å². The number of nitrogens with one attached hydrogen (secondary N) is 1. The molecule has 3 unspecified atom stereocenters. The maximum Gasteiger partial charge on any atom is 0.137 e. The average molecular weight is 290 g/mol. The van der Waals surface area contributed by atoms with Gasteiger partial charge in [0.15, 0.2) is 0 Å². The summed E-state index contributed by atoms with van der Waals surface area (Å²) >= 11 is 0. The van der Waals surface area contributed by atoms with Gasteiger partial charge in [0.1, 0.15) is 18.0 Å². The lowest BCUT2D eigenvalue weighted by Gasteiger charge is -2.25. The summed E-state index contributed by atoms with van der Waals surface area (Å²) < 4.78 is 0. The van der Waals surface area contributed by atoms with Crippen molar-refractivity contribution in [1.29, 1.82) is 0 Å². The molecule has 2 heterocycles. The van der Waals surface area contributed by atoms with Crippen LogP contribution < -0.4 is 10.2 Å². The van der Waals surface area contributed by atoms with E-state index in [1.165, 1.54) is 5.56 Å². The van der Waals surface area contributed by atoms with Crippen molar-refractivity contribution in [1.82, 2.24) is 9.97 Å². The molecule has 0 aromatic carbocycles. The SMILES string of the molecule is CCNc1ncnc(N2CC3CCC(O)C3C2)c1C(C)C. The van der Waals surface area contributed by atoms with E-state index in [2.05, 4.69) is 41.0 Å². The first kappa shape index (κ1) is 14.6.